The second kappa shape index (κ2) is 14.0. The van der Waals surface area contributed by atoms with Crippen LogP contribution in [0.2, 0.25) is 30.7 Å². The molecule has 238 valence electrons. The van der Waals surface area contributed by atoms with E-state index in [0.29, 0.717) is 62.0 Å². The van der Waals surface area contributed by atoms with E-state index in [0.717, 1.165) is 17.0 Å². The lowest BCUT2D eigenvalue weighted by molar-refractivity contribution is 0.00501. The van der Waals surface area contributed by atoms with E-state index < -0.39 is 25.0 Å². The lowest BCUT2D eigenvalue weighted by atomic mass is 9.73. The molecule has 1 aliphatic rings. The third-order valence-corrected chi connectivity index (χ3v) is 9.82. The molecule has 3 aromatic rings. The Morgan fingerprint density at radius 1 is 1.16 bits per heavy atom. The smallest absolute Gasteiger partial charge is 0.410 e. The van der Waals surface area contributed by atoms with Crippen LogP contribution in [0.1, 0.15) is 50.7 Å². The highest BCUT2D eigenvalue weighted by atomic mass is 35.5. The largest absolute Gasteiger partial charge is 0.444 e. The van der Waals surface area contributed by atoms with Crippen molar-refractivity contribution in [2.24, 2.45) is 0 Å². The average molecular weight is 643 g/mol. The fourth-order valence-electron chi connectivity index (χ4n) is 5.37. The molecule has 1 saturated heterocycles. The molecule has 0 spiro atoms. The molecule has 0 aliphatic carbocycles. The molecule has 0 bridgehead atoms. The molecule has 0 N–H and O–H groups in total. The van der Waals surface area contributed by atoms with Gasteiger partial charge in [-0.1, -0.05) is 43.4 Å². The standard InChI is InChI=1S/C33H44ClFN4O4Si/c1-32(2,3)43-31(40)38-13-11-33(12-14-38,26-7-9-28(35)10-8-26)22-42-21-25(19-36)29-18-27(34)17-24-20-39(37-30(24)29)23-41-15-16-44(4,5)6/h7-10,17-18,20,25H,11-16,21-23H2,1-6H3. The Balaban J connectivity index is 1.47. The molecule has 1 aromatic heterocycles. The summed E-state index contributed by atoms with van der Waals surface area (Å²) in [4.78, 5) is 14.4. The van der Waals surface area contributed by atoms with E-state index in [2.05, 4.69) is 25.7 Å². The Morgan fingerprint density at radius 2 is 1.84 bits per heavy atom. The summed E-state index contributed by atoms with van der Waals surface area (Å²) in [7, 11) is -1.20. The molecule has 1 unspecified atom stereocenters. The van der Waals surface area contributed by atoms with Crippen molar-refractivity contribution in [1.29, 1.82) is 5.26 Å². The Labute approximate surface area is 266 Å². The van der Waals surface area contributed by atoms with Crippen LogP contribution >= 0.6 is 11.6 Å². The zero-order chi connectivity index (χ0) is 32.1. The van der Waals surface area contributed by atoms with E-state index in [1.165, 1.54) is 12.1 Å². The van der Waals surface area contributed by atoms with Crippen LogP contribution in [0.25, 0.3) is 10.9 Å². The van der Waals surface area contributed by atoms with E-state index >= 15 is 0 Å². The SMILES string of the molecule is CC(C)(C)OC(=O)N1CCC(COCC(C#N)c2cc(Cl)cc3cn(COCC[Si](C)(C)C)nc23)(c2ccc(F)cc2)CC1. The first-order valence-corrected chi connectivity index (χ1v) is 19.2. The number of carbonyl (C=O) groups is 1. The van der Waals surface area contributed by atoms with Crippen LogP contribution in [0.5, 0.6) is 0 Å². The third-order valence-electron chi connectivity index (χ3n) is 7.89. The van der Waals surface area contributed by atoms with Gasteiger partial charge in [0.05, 0.1) is 30.7 Å². The van der Waals surface area contributed by atoms with Crippen molar-refractivity contribution in [3.05, 3.63) is 64.6 Å². The molecule has 1 fully saturated rings. The van der Waals surface area contributed by atoms with Gasteiger partial charge in [-0.2, -0.15) is 10.4 Å². The molecule has 11 heteroatoms. The fraction of sp³-hybridized carbons (Fsp3) is 0.545. The number of piperidine rings is 1. The molecule has 2 aromatic carbocycles. The maximum absolute atomic E-state index is 13.8. The summed E-state index contributed by atoms with van der Waals surface area (Å²) in [6.07, 6.45) is 2.76. The van der Waals surface area contributed by atoms with E-state index in [4.69, 9.17) is 30.9 Å². The van der Waals surface area contributed by atoms with Crippen LogP contribution in [0, 0.1) is 17.1 Å². The first kappa shape index (κ1) is 33.9. The summed E-state index contributed by atoms with van der Waals surface area (Å²) in [5.41, 5.74) is 1.29. The highest BCUT2D eigenvalue weighted by Crippen LogP contribution is 2.37. The van der Waals surface area contributed by atoms with E-state index in [1.54, 1.807) is 27.8 Å². The van der Waals surface area contributed by atoms with Crippen molar-refractivity contribution in [2.75, 3.05) is 32.9 Å². The van der Waals surface area contributed by atoms with Crippen LogP contribution < -0.4 is 0 Å². The van der Waals surface area contributed by atoms with Gasteiger partial charge in [-0.05, 0) is 69.5 Å². The number of hydrogen-bond donors (Lipinski definition) is 0. The Bertz CT molecular complexity index is 1470. The number of fused-ring (bicyclic) bond motifs is 1. The summed E-state index contributed by atoms with van der Waals surface area (Å²) >= 11 is 6.47. The molecular formula is C33H44ClFN4O4Si. The van der Waals surface area contributed by atoms with Gasteiger partial charge in [0, 0.05) is 55.4 Å². The molecule has 4 rings (SSSR count). The Kier molecular flexibility index (Phi) is 10.8. The van der Waals surface area contributed by atoms with Gasteiger partial charge in [0.25, 0.3) is 0 Å². The van der Waals surface area contributed by atoms with Crippen LogP contribution in [0.15, 0.2) is 42.6 Å². The normalized spacial score (nSPS) is 16.1. The molecular weight excluding hydrogens is 599 g/mol. The number of ether oxygens (including phenoxy) is 3. The van der Waals surface area contributed by atoms with Gasteiger partial charge < -0.3 is 19.1 Å². The second-order valence-corrected chi connectivity index (χ2v) is 20.0. The quantitative estimate of drug-likeness (QED) is 0.157. The monoisotopic (exact) mass is 642 g/mol. The summed E-state index contributed by atoms with van der Waals surface area (Å²) in [5.74, 6) is -0.925. The number of amides is 1. The van der Waals surface area contributed by atoms with Gasteiger partial charge in [0.2, 0.25) is 0 Å². The first-order valence-electron chi connectivity index (χ1n) is 15.1. The minimum Gasteiger partial charge on any atom is -0.444 e. The molecule has 0 radical (unpaired) electrons. The summed E-state index contributed by atoms with van der Waals surface area (Å²) in [5, 5.41) is 16.3. The number of nitrogens with zero attached hydrogens (tertiary/aromatic N) is 4. The van der Waals surface area contributed by atoms with Crippen molar-refractivity contribution in [2.45, 2.75) is 83.0 Å². The van der Waals surface area contributed by atoms with E-state index in [-0.39, 0.29) is 18.5 Å². The maximum Gasteiger partial charge on any atom is 0.410 e. The van der Waals surface area contributed by atoms with Crippen LogP contribution in [-0.4, -0.2) is 67.4 Å². The summed E-state index contributed by atoms with van der Waals surface area (Å²) in [6, 6.07) is 13.5. The molecule has 2 heterocycles. The molecule has 1 atom stereocenters. The van der Waals surface area contributed by atoms with Gasteiger partial charge in [0.1, 0.15) is 18.1 Å². The predicted octanol–water partition coefficient (Wildman–Crippen LogP) is 7.73. The van der Waals surface area contributed by atoms with Crippen LogP contribution in [0.3, 0.4) is 0 Å². The lowest BCUT2D eigenvalue weighted by Gasteiger charge is -2.42. The molecule has 1 amide bonds. The highest BCUT2D eigenvalue weighted by Gasteiger charge is 2.39. The van der Waals surface area contributed by atoms with E-state index in [1.807, 2.05) is 33.0 Å². The Hall–Kier alpha value is -2.97. The minimum atomic E-state index is -1.20. The number of nitriles is 1. The molecule has 0 saturated carbocycles. The number of benzene rings is 2. The van der Waals surface area contributed by atoms with Crippen molar-refractivity contribution < 1.29 is 23.4 Å². The third kappa shape index (κ3) is 9.04. The van der Waals surface area contributed by atoms with Gasteiger partial charge >= 0.3 is 6.09 Å². The maximum atomic E-state index is 13.8. The van der Waals surface area contributed by atoms with Crippen molar-refractivity contribution in [1.82, 2.24) is 14.7 Å². The second-order valence-electron chi connectivity index (χ2n) is 13.9. The van der Waals surface area contributed by atoms with Gasteiger partial charge in [0.15, 0.2) is 0 Å². The van der Waals surface area contributed by atoms with Crippen molar-refractivity contribution >= 4 is 36.7 Å². The summed E-state index contributed by atoms with van der Waals surface area (Å²) < 4.78 is 33.3. The zero-order valence-corrected chi connectivity index (χ0v) is 28.4. The molecule has 1 aliphatic heterocycles. The van der Waals surface area contributed by atoms with Gasteiger partial charge in [-0.3, -0.25) is 0 Å². The summed E-state index contributed by atoms with van der Waals surface area (Å²) in [6.45, 7) is 14.9. The minimum absolute atomic E-state index is 0.129. The number of carbonyl (C=O) groups excluding carboxylic acids is 1. The van der Waals surface area contributed by atoms with Crippen LogP contribution in [-0.2, 0) is 26.4 Å². The molecule has 8 nitrogen and oxygen atoms in total. The number of halogens is 2. The zero-order valence-electron chi connectivity index (χ0n) is 26.7. The highest BCUT2D eigenvalue weighted by molar-refractivity contribution is 6.76. The lowest BCUT2D eigenvalue weighted by Crippen LogP contribution is -2.48. The number of likely N-dealkylation sites (tertiary alicyclic amines) is 1. The fourth-order valence-corrected chi connectivity index (χ4v) is 6.37. The predicted molar refractivity (Wildman–Crippen MR) is 173 cm³/mol. The number of aromatic nitrogens is 2. The van der Waals surface area contributed by atoms with Crippen LogP contribution in [0.4, 0.5) is 9.18 Å². The average Bonchev–Trinajstić information content (AvgIpc) is 3.35. The first-order chi connectivity index (χ1) is 20.7. The van der Waals surface area contributed by atoms with E-state index in [9.17, 15) is 14.4 Å². The molecule has 44 heavy (non-hydrogen) atoms. The van der Waals surface area contributed by atoms with Crippen molar-refractivity contribution in [3.8, 4) is 6.07 Å². The topological polar surface area (TPSA) is 89.6 Å². The number of rotatable bonds is 11. The Morgan fingerprint density at radius 3 is 2.45 bits per heavy atom. The van der Waals surface area contributed by atoms with Crippen molar-refractivity contribution in [3.63, 3.8) is 0 Å². The number of hydrogen-bond acceptors (Lipinski definition) is 6. The van der Waals surface area contributed by atoms with Gasteiger partial charge in [-0.25, -0.2) is 13.9 Å². The van der Waals surface area contributed by atoms with Gasteiger partial charge in [-0.15, -0.1) is 0 Å².